The van der Waals surface area contributed by atoms with Gasteiger partial charge in [-0.25, -0.2) is 0 Å². The molecule has 0 amide bonds. The SMILES string of the molecule is CC(C)(C)c1ccc(N(c2ccc(-c3ccccc3)cc2)c2ccc(-c3ccccc3)c3ccccc23)c2oc3c(ccc4sc5ccccc5c43)c12. The molecule has 0 atom stereocenters. The molecule has 2 heterocycles. The first-order chi connectivity index (χ1) is 25.9. The summed E-state index contributed by atoms with van der Waals surface area (Å²) in [4.78, 5) is 2.41. The summed E-state index contributed by atoms with van der Waals surface area (Å²) in [5.41, 5.74) is 11.0. The number of anilines is 3. The van der Waals surface area contributed by atoms with Gasteiger partial charge in [-0.2, -0.15) is 0 Å². The predicted molar refractivity (Wildman–Crippen MR) is 228 cm³/mol. The fourth-order valence-corrected chi connectivity index (χ4v) is 9.23. The molecule has 0 aliphatic carbocycles. The van der Waals surface area contributed by atoms with Crippen molar-refractivity contribution in [3.63, 3.8) is 0 Å². The van der Waals surface area contributed by atoms with E-state index >= 15 is 0 Å². The van der Waals surface area contributed by atoms with Crippen molar-refractivity contribution in [3.05, 3.63) is 175 Å². The molecule has 0 fully saturated rings. The van der Waals surface area contributed by atoms with E-state index in [0.29, 0.717) is 0 Å². The Balaban J connectivity index is 1.29. The van der Waals surface area contributed by atoms with Crippen molar-refractivity contribution in [2.24, 2.45) is 0 Å². The molecule has 0 saturated heterocycles. The van der Waals surface area contributed by atoms with Crippen LogP contribution in [0.5, 0.6) is 0 Å². The minimum Gasteiger partial charge on any atom is -0.453 e. The fraction of sp³-hybridized carbons (Fsp3) is 0.0800. The number of nitrogens with zero attached hydrogens (tertiary/aromatic N) is 1. The molecule has 0 bridgehead atoms. The largest absolute Gasteiger partial charge is 0.453 e. The van der Waals surface area contributed by atoms with Gasteiger partial charge in [0.15, 0.2) is 5.58 Å². The van der Waals surface area contributed by atoms with Crippen LogP contribution in [0.4, 0.5) is 17.1 Å². The van der Waals surface area contributed by atoms with Crippen molar-refractivity contribution in [1.82, 2.24) is 0 Å². The van der Waals surface area contributed by atoms with Gasteiger partial charge in [0.1, 0.15) is 5.58 Å². The summed E-state index contributed by atoms with van der Waals surface area (Å²) in [6.45, 7) is 6.90. The number of furan rings is 1. The van der Waals surface area contributed by atoms with Crippen LogP contribution in [0.25, 0.3) is 75.1 Å². The molecule has 8 aromatic carbocycles. The molecule has 10 aromatic rings. The summed E-state index contributed by atoms with van der Waals surface area (Å²) < 4.78 is 9.80. The Morgan fingerprint density at radius 2 is 1.06 bits per heavy atom. The van der Waals surface area contributed by atoms with E-state index in [1.54, 1.807) is 0 Å². The third-order valence-corrected chi connectivity index (χ3v) is 11.8. The lowest BCUT2D eigenvalue weighted by Gasteiger charge is -2.29. The van der Waals surface area contributed by atoms with Gasteiger partial charge < -0.3 is 9.32 Å². The molecule has 3 heteroatoms. The molecule has 10 rings (SSSR count). The second-order valence-electron chi connectivity index (χ2n) is 14.9. The van der Waals surface area contributed by atoms with Crippen molar-refractivity contribution in [1.29, 1.82) is 0 Å². The smallest absolute Gasteiger partial charge is 0.159 e. The summed E-state index contributed by atoms with van der Waals surface area (Å²) in [7, 11) is 0. The highest BCUT2D eigenvalue weighted by atomic mass is 32.1. The Bertz CT molecular complexity index is 2970. The lowest BCUT2D eigenvalue weighted by atomic mass is 9.83. The fourth-order valence-electron chi connectivity index (χ4n) is 8.12. The maximum absolute atomic E-state index is 7.29. The molecule has 0 unspecified atom stereocenters. The summed E-state index contributed by atoms with van der Waals surface area (Å²) in [6, 6.07) is 61.5. The van der Waals surface area contributed by atoms with Crippen molar-refractivity contribution < 1.29 is 4.42 Å². The van der Waals surface area contributed by atoms with E-state index in [1.807, 2.05) is 11.3 Å². The standard InChI is InChI=1S/C50H37NOS/c1-50(2,3)41-28-30-43(49-46(41)40-27-31-45-47(48(40)52-49)39-20-12-13-21-44(39)53-45)51(35-24-22-33(23-25-35)32-14-6-4-7-15-32)42-29-26-36(34-16-8-5-9-17-34)37-18-10-11-19-38(37)42/h4-31H,1-3H3. The van der Waals surface area contributed by atoms with Crippen LogP contribution in [-0.2, 0) is 5.41 Å². The number of hydrogen-bond acceptors (Lipinski definition) is 3. The third kappa shape index (κ3) is 5.15. The topological polar surface area (TPSA) is 16.4 Å². The zero-order chi connectivity index (χ0) is 35.7. The highest BCUT2D eigenvalue weighted by molar-refractivity contribution is 7.26. The molecule has 0 spiro atoms. The Hall–Kier alpha value is -6.16. The van der Waals surface area contributed by atoms with Crippen LogP contribution in [0.3, 0.4) is 0 Å². The van der Waals surface area contributed by atoms with Gasteiger partial charge in [0.2, 0.25) is 0 Å². The second-order valence-corrected chi connectivity index (χ2v) is 16.0. The Kier molecular flexibility index (Phi) is 7.28. The molecule has 0 N–H and O–H groups in total. The maximum Gasteiger partial charge on any atom is 0.159 e. The molecule has 2 nitrogen and oxygen atoms in total. The summed E-state index contributed by atoms with van der Waals surface area (Å²) in [6.07, 6.45) is 0. The average Bonchev–Trinajstić information content (AvgIpc) is 3.78. The van der Waals surface area contributed by atoms with Crippen LogP contribution >= 0.6 is 11.3 Å². The van der Waals surface area contributed by atoms with E-state index in [1.165, 1.54) is 64.1 Å². The van der Waals surface area contributed by atoms with Crippen LogP contribution in [-0.4, -0.2) is 0 Å². The number of fused-ring (bicyclic) bond motifs is 8. The molecular formula is C50H37NOS. The Labute approximate surface area is 313 Å². The lowest BCUT2D eigenvalue weighted by Crippen LogP contribution is -2.14. The van der Waals surface area contributed by atoms with E-state index < -0.39 is 0 Å². The monoisotopic (exact) mass is 699 g/mol. The van der Waals surface area contributed by atoms with Gasteiger partial charge in [0, 0.05) is 42.0 Å². The first kappa shape index (κ1) is 31.6. The number of benzene rings is 8. The average molecular weight is 700 g/mol. The maximum atomic E-state index is 7.29. The van der Waals surface area contributed by atoms with Gasteiger partial charge in [-0.1, -0.05) is 148 Å². The van der Waals surface area contributed by atoms with Gasteiger partial charge in [-0.15, -0.1) is 11.3 Å². The minimum absolute atomic E-state index is 0.106. The molecular weight excluding hydrogens is 663 g/mol. The number of rotatable bonds is 5. The zero-order valence-electron chi connectivity index (χ0n) is 29.9. The summed E-state index contributed by atoms with van der Waals surface area (Å²) in [5, 5.41) is 7.16. The molecule has 0 radical (unpaired) electrons. The zero-order valence-corrected chi connectivity index (χ0v) is 30.7. The first-order valence-corrected chi connectivity index (χ1v) is 19.1. The van der Waals surface area contributed by atoms with Gasteiger partial charge in [0.25, 0.3) is 0 Å². The van der Waals surface area contributed by atoms with Crippen LogP contribution < -0.4 is 4.90 Å². The van der Waals surface area contributed by atoms with Crippen LogP contribution in [0.1, 0.15) is 26.3 Å². The van der Waals surface area contributed by atoms with Gasteiger partial charge >= 0.3 is 0 Å². The van der Waals surface area contributed by atoms with E-state index in [9.17, 15) is 0 Å². The molecule has 53 heavy (non-hydrogen) atoms. The second kappa shape index (κ2) is 12.2. The molecule has 254 valence electrons. The lowest BCUT2D eigenvalue weighted by molar-refractivity contribution is 0.595. The third-order valence-electron chi connectivity index (χ3n) is 10.6. The molecule has 0 aliphatic rings. The summed E-state index contributed by atoms with van der Waals surface area (Å²) >= 11 is 1.83. The molecule has 0 saturated carbocycles. The normalized spacial score (nSPS) is 12.1. The highest BCUT2D eigenvalue weighted by Crippen LogP contribution is 2.50. The Morgan fingerprint density at radius 1 is 0.434 bits per heavy atom. The molecule has 0 aliphatic heterocycles. The predicted octanol–water partition coefficient (Wildman–Crippen LogP) is 15.2. The summed E-state index contributed by atoms with van der Waals surface area (Å²) in [5.74, 6) is 0. The van der Waals surface area contributed by atoms with E-state index in [-0.39, 0.29) is 5.41 Å². The van der Waals surface area contributed by atoms with Crippen molar-refractivity contribution in [2.75, 3.05) is 4.90 Å². The number of hydrogen-bond donors (Lipinski definition) is 0. The van der Waals surface area contributed by atoms with Crippen molar-refractivity contribution in [3.8, 4) is 22.3 Å². The van der Waals surface area contributed by atoms with E-state index in [0.717, 1.165) is 33.6 Å². The van der Waals surface area contributed by atoms with Gasteiger partial charge in [0.05, 0.1) is 11.4 Å². The van der Waals surface area contributed by atoms with Gasteiger partial charge in [-0.05, 0) is 81.1 Å². The first-order valence-electron chi connectivity index (χ1n) is 18.3. The number of thiophene rings is 1. The van der Waals surface area contributed by atoms with E-state index in [4.69, 9.17) is 4.42 Å². The highest BCUT2D eigenvalue weighted by Gasteiger charge is 2.28. The Morgan fingerprint density at radius 3 is 1.79 bits per heavy atom. The van der Waals surface area contributed by atoms with Crippen LogP contribution in [0.2, 0.25) is 0 Å². The molecule has 2 aromatic heterocycles. The minimum atomic E-state index is -0.106. The van der Waals surface area contributed by atoms with Crippen molar-refractivity contribution >= 4 is 81.3 Å². The van der Waals surface area contributed by atoms with E-state index in [2.05, 4.69) is 196 Å². The van der Waals surface area contributed by atoms with Crippen molar-refractivity contribution in [2.45, 2.75) is 26.2 Å². The quantitative estimate of drug-likeness (QED) is 0.178. The van der Waals surface area contributed by atoms with Crippen LogP contribution in [0.15, 0.2) is 174 Å². The van der Waals surface area contributed by atoms with Gasteiger partial charge in [-0.3, -0.25) is 0 Å². The van der Waals surface area contributed by atoms with Crippen LogP contribution in [0, 0.1) is 0 Å².